The highest BCUT2D eigenvalue weighted by molar-refractivity contribution is 7.92. The Kier molecular flexibility index (Phi) is 7.03. The number of aryl methyl sites for hydroxylation is 2. The molecule has 8 heteroatoms. The van der Waals surface area contributed by atoms with E-state index in [0.29, 0.717) is 36.0 Å². The van der Waals surface area contributed by atoms with Crippen molar-refractivity contribution in [2.24, 2.45) is 0 Å². The quantitative estimate of drug-likeness (QED) is 0.522. The molecule has 1 heterocycles. The second kappa shape index (κ2) is 10.00. The van der Waals surface area contributed by atoms with Gasteiger partial charge in [-0.15, -0.1) is 0 Å². The Hall–Kier alpha value is -3.52. The number of hydrogen-bond acceptors (Lipinski definition) is 5. The molecule has 0 spiro atoms. The third-order valence-electron chi connectivity index (χ3n) is 5.85. The Bertz CT molecular complexity index is 1320. The van der Waals surface area contributed by atoms with Crippen molar-refractivity contribution in [1.29, 1.82) is 0 Å². The van der Waals surface area contributed by atoms with E-state index in [9.17, 15) is 13.2 Å². The number of carbonyl (C=O) groups excluding carboxylic acids is 1. The number of fused-ring (bicyclic) bond motifs is 1. The number of benzene rings is 3. The maximum Gasteiger partial charge on any atom is 0.251 e. The lowest BCUT2D eigenvalue weighted by atomic mass is 10.1. The lowest BCUT2D eigenvalue weighted by Gasteiger charge is -2.23. The molecule has 3 aromatic rings. The van der Waals surface area contributed by atoms with E-state index in [1.165, 1.54) is 10.6 Å². The average molecular weight is 495 g/mol. The smallest absolute Gasteiger partial charge is 0.251 e. The summed E-state index contributed by atoms with van der Waals surface area (Å²) in [6, 6.07) is 18.1. The Morgan fingerprint density at radius 2 is 1.57 bits per heavy atom. The van der Waals surface area contributed by atoms with Crippen LogP contribution in [0.5, 0.6) is 11.5 Å². The Morgan fingerprint density at radius 3 is 2.20 bits per heavy atom. The number of nitrogens with zero attached hydrogens (tertiary/aromatic N) is 1. The first-order valence-corrected chi connectivity index (χ1v) is 13.3. The lowest BCUT2D eigenvalue weighted by Crippen LogP contribution is -2.29. The van der Waals surface area contributed by atoms with Gasteiger partial charge < -0.3 is 14.8 Å². The van der Waals surface area contributed by atoms with Crippen LogP contribution in [0.25, 0.3) is 0 Å². The molecule has 0 fully saturated rings. The molecule has 1 aliphatic rings. The summed E-state index contributed by atoms with van der Waals surface area (Å²) in [4.78, 5) is 12.8. The van der Waals surface area contributed by atoms with Gasteiger partial charge in [-0.3, -0.25) is 9.10 Å². The molecule has 0 radical (unpaired) electrons. The van der Waals surface area contributed by atoms with E-state index in [1.54, 1.807) is 24.3 Å². The van der Waals surface area contributed by atoms with Gasteiger partial charge in [0, 0.05) is 5.56 Å². The first-order chi connectivity index (χ1) is 16.6. The van der Waals surface area contributed by atoms with E-state index in [-0.39, 0.29) is 18.5 Å². The van der Waals surface area contributed by atoms with Crippen molar-refractivity contribution in [3.8, 4) is 11.5 Å². The fourth-order valence-corrected chi connectivity index (χ4v) is 4.99. The molecule has 1 N–H and O–H groups in total. The Morgan fingerprint density at radius 1 is 0.943 bits per heavy atom. The summed E-state index contributed by atoms with van der Waals surface area (Å²) >= 11 is 0. The van der Waals surface area contributed by atoms with Crippen LogP contribution in [0.3, 0.4) is 0 Å². The van der Waals surface area contributed by atoms with E-state index in [2.05, 4.69) is 5.32 Å². The number of amides is 1. The summed E-state index contributed by atoms with van der Waals surface area (Å²) in [7, 11) is -3.49. The van der Waals surface area contributed by atoms with Gasteiger partial charge in [-0.05, 0) is 79.4 Å². The van der Waals surface area contributed by atoms with Crippen molar-refractivity contribution in [1.82, 2.24) is 5.32 Å². The second-order valence-electron chi connectivity index (χ2n) is 8.91. The molecule has 4 rings (SSSR count). The van der Waals surface area contributed by atoms with Crippen molar-refractivity contribution in [3.63, 3.8) is 0 Å². The third-order valence-corrected chi connectivity index (χ3v) is 6.99. The molecule has 184 valence electrons. The minimum Gasteiger partial charge on any atom is -0.486 e. The van der Waals surface area contributed by atoms with Gasteiger partial charge in [-0.25, -0.2) is 8.42 Å². The standard InChI is InChI=1S/C27H30N2O5S/c1-18-13-19(2)15-24(14-18)29(35(4,31)32)17-21-5-7-22(8-6-21)27(30)28-20(3)23-9-10-25-26(16-23)34-12-11-33-25/h5-10,13-16,20H,11-12,17H2,1-4H3,(H,28,30). The van der Waals surface area contributed by atoms with Crippen LogP contribution in [-0.2, 0) is 16.6 Å². The summed E-state index contributed by atoms with van der Waals surface area (Å²) in [5.41, 5.74) is 4.80. The summed E-state index contributed by atoms with van der Waals surface area (Å²) < 4.78 is 37.6. The van der Waals surface area contributed by atoms with Gasteiger partial charge in [0.15, 0.2) is 11.5 Å². The molecule has 35 heavy (non-hydrogen) atoms. The monoisotopic (exact) mass is 494 g/mol. The SMILES string of the molecule is Cc1cc(C)cc(N(Cc2ccc(C(=O)NC(C)c3ccc4c(c3)OCCO4)cc2)S(C)(=O)=O)c1. The third kappa shape index (κ3) is 5.95. The van der Waals surface area contributed by atoms with E-state index >= 15 is 0 Å². The fraction of sp³-hybridized carbons (Fsp3) is 0.296. The summed E-state index contributed by atoms with van der Waals surface area (Å²) in [6.07, 6.45) is 1.20. The number of rotatable bonds is 7. The van der Waals surface area contributed by atoms with Crippen LogP contribution in [0.15, 0.2) is 60.7 Å². The largest absolute Gasteiger partial charge is 0.486 e. The fourth-order valence-electron chi connectivity index (χ4n) is 4.11. The predicted octanol–water partition coefficient (Wildman–Crippen LogP) is 4.53. The van der Waals surface area contributed by atoms with Gasteiger partial charge >= 0.3 is 0 Å². The van der Waals surface area contributed by atoms with Crippen LogP contribution in [0.2, 0.25) is 0 Å². The molecule has 0 saturated carbocycles. The number of ether oxygens (including phenoxy) is 2. The molecule has 0 saturated heterocycles. The van der Waals surface area contributed by atoms with Crippen LogP contribution in [0.4, 0.5) is 5.69 Å². The van der Waals surface area contributed by atoms with Gasteiger partial charge in [0.25, 0.3) is 5.91 Å². The summed E-state index contributed by atoms with van der Waals surface area (Å²) in [5, 5.41) is 3.00. The molecule has 1 unspecified atom stereocenters. The first-order valence-electron chi connectivity index (χ1n) is 11.5. The van der Waals surface area contributed by atoms with E-state index in [1.807, 2.05) is 57.2 Å². The maximum absolute atomic E-state index is 12.8. The lowest BCUT2D eigenvalue weighted by molar-refractivity contribution is 0.0939. The van der Waals surface area contributed by atoms with Crippen LogP contribution >= 0.6 is 0 Å². The number of nitrogens with one attached hydrogen (secondary N) is 1. The van der Waals surface area contributed by atoms with Crippen molar-refractivity contribution >= 4 is 21.6 Å². The average Bonchev–Trinajstić information content (AvgIpc) is 2.81. The van der Waals surface area contributed by atoms with Crippen LogP contribution in [0, 0.1) is 13.8 Å². The van der Waals surface area contributed by atoms with Crippen molar-refractivity contribution < 1.29 is 22.7 Å². The molecule has 1 atom stereocenters. The number of sulfonamides is 1. The molecule has 7 nitrogen and oxygen atoms in total. The normalized spacial score (nSPS) is 13.7. The first kappa shape index (κ1) is 24.6. The molecule has 0 aliphatic carbocycles. The van der Waals surface area contributed by atoms with E-state index < -0.39 is 10.0 Å². The zero-order valence-corrected chi connectivity index (χ0v) is 21.2. The molecule has 1 amide bonds. The summed E-state index contributed by atoms with van der Waals surface area (Å²) in [6.45, 7) is 7.00. The van der Waals surface area contributed by atoms with Crippen LogP contribution < -0.4 is 19.1 Å². The van der Waals surface area contributed by atoms with E-state index in [0.717, 1.165) is 22.3 Å². The van der Waals surface area contributed by atoms with Gasteiger partial charge in [0.1, 0.15) is 13.2 Å². The molecule has 0 aromatic heterocycles. The summed E-state index contributed by atoms with van der Waals surface area (Å²) in [5.74, 6) is 1.17. The number of hydrogen-bond donors (Lipinski definition) is 1. The topological polar surface area (TPSA) is 84.9 Å². The minimum absolute atomic E-state index is 0.178. The van der Waals surface area contributed by atoms with Crippen molar-refractivity contribution in [2.45, 2.75) is 33.4 Å². The number of anilines is 1. The van der Waals surface area contributed by atoms with Gasteiger partial charge in [-0.2, -0.15) is 0 Å². The van der Waals surface area contributed by atoms with Crippen LogP contribution in [-0.4, -0.2) is 33.8 Å². The van der Waals surface area contributed by atoms with Gasteiger partial charge in [-0.1, -0.05) is 24.3 Å². The second-order valence-corrected chi connectivity index (χ2v) is 10.8. The zero-order valence-electron chi connectivity index (χ0n) is 20.4. The highest BCUT2D eigenvalue weighted by Gasteiger charge is 2.20. The van der Waals surface area contributed by atoms with Crippen molar-refractivity contribution in [3.05, 3.63) is 88.5 Å². The minimum atomic E-state index is -3.49. The molecular formula is C27H30N2O5S. The zero-order chi connectivity index (χ0) is 25.2. The highest BCUT2D eigenvalue weighted by Crippen LogP contribution is 2.32. The molecule has 1 aliphatic heterocycles. The van der Waals surface area contributed by atoms with E-state index in [4.69, 9.17) is 9.47 Å². The van der Waals surface area contributed by atoms with Gasteiger partial charge in [0.2, 0.25) is 10.0 Å². The molecular weight excluding hydrogens is 464 g/mol. The van der Waals surface area contributed by atoms with Gasteiger partial charge in [0.05, 0.1) is 24.5 Å². The Labute approximate surface area is 206 Å². The van der Waals surface area contributed by atoms with Crippen molar-refractivity contribution in [2.75, 3.05) is 23.8 Å². The predicted molar refractivity (Wildman–Crippen MR) is 137 cm³/mol. The molecule has 3 aromatic carbocycles. The highest BCUT2D eigenvalue weighted by atomic mass is 32.2. The maximum atomic E-state index is 12.8. The van der Waals surface area contributed by atoms with Crippen LogP contribution in [0.1, 0.15) is 45.6 Å². The number of carbonyl (C=O) groups is 1. The Balaban J connectivity index is 1.46. The molecule has 0 bridgehead atoms.